The number of para-hydroxylation sites is 1. The standard InChI is InChI=1S/C29H26ClF3N4O3/c1-39-21-10-11-22(27(17-21)40-2)24-18-26(37(34-24)25-9-4-3-8-23(25)30)28(38)36-14-12-35(13-15-36)20-7-5-6-19(16-20)29(31,32)33/h3-11,16-18H,12-15H2,1-2H3. The highest BCUT2D eigenvalue weighted by atomic mass is 35.5. The van der Waals surface area contributed by atoms with Gasteiger partial charge in [-0.05, 0) is 48.5 Å². The van der Waals surface area contributed by atoms with Crippen LogP contribution in [0, 0.1) is 0 Å². The summed E-state index contributed by atoms with van der Waals surface area (Å²) in [5.74, 6) is 0.868. The summed E-state index contributed by atoms with van der Waals surface area (Å²) in [6.45, 7) is 1.41. The number of halogens is 4. The molecule has 1 aliphatic heterocycles. The zero-order valence-electron chi connectivity index (χ0n) is 21.8. The van der Waals surface area contributed by atoms with Crippen LogP contribution < -0.4 is 14.4 Å². The summed E-state index contributed by atoms with van der Waals surface area (Å²) in [7, 11) is 3.10. The molecule has 40 heavy (non-hydrogen) atoms. The van der Waals surface area contributed by atoms with E-state index in [1.807, 2.05) is 4.90 Å². The summed E-state index contributed by atoms with van der Waals surface area (Å²) < 4.78 is 52.0. The highest BCUT2D eigenvalue weighted by Crippen LogP contribution is 2.35. The van der Waals surface area contributed by atoms with Gasteiger partial charge in [0.25, 0.3) is 5.91 Å². The van der Waals surface area contributed by atoms with E-state index >= 15 is 0 Å². The van der Waals surface area contributed by atoms with E-state index in [0.29, 0.717) is 71.0 Å². The fourth-order valence-corrected chi connectivity index (χ4v) is 4.91. The van der Waals surface area contributed by atoms with Gasteiger partial charge < -0.3 is 19.3 Å². The Morgan fingerprint density at radius 3 is 2.33 bits per heavy atom. The Kier molecular flexibility index (Phi) is 7.62. The maximum atomic E-state index is 13.8. The number of piperazine rings is 1. The zero-order valence-corrected chi connectivity index (χ0v) is 22.5. The second kappa shape index (κ2) is 11.1. The van der Waals surface area contributed by atoms with E-state index in [9.17, 15) is 18.0 Å². The number of hydrogen-bond acceptors (Lipinski definition) is 5. The third-order valence-corrected chi connectivity index (χ3v) is 7.12. The third kappa shape index (κ3) is 5.44. The molecule has 1 aliphatic rings. The lowest BCUT2D eigenvalue weighted by Gasteiger charge is -2.36. The minimum absolute atomic E-state index is 0.269. The van der Waals surface area contributed by atoms with Crippen molar-refractivity contribution in [1.82, 2.24) is 14.7 Å². The van der Waals surface area contributed by atoms with Gasteiger partial charge >= 0.3 is 6.18 Å². The molecule has 0 unspecified atom stereocenters. The fraction of sp³-hybridized carbons (Fsp3) is 0.241. The number of benzene rings is 3. The van der Waals surface area contributed by atoms with Crippen LogP contribution in [-0.4, -0.2) is 61.0 Å². The highest BCUT2D eigenvalue weighted by Gasteiger charge is 2.32. The molecule has 3 aromatic carbocycles. The number of anilines is 1. The van der Waals surface area contributed by atoms with Crippen molar-refractivity contribution in [2.75, 3.05) is 45.3 Å². The lowest BCUT2D eigenvalue weighted by molar-refractivity contribution is -0.137. The number of alkyl halides is 3. The van der Waals surface area contributed by atoms with Gasteiger partial charge in [-0.25, -0.2) is 4.68 Å². The first-order chi connectivity index (χ1) is 19.2. The molecule has 1 saturated heterocycles. The maximum absolute atomic E-state index is 13.8. The lowest BCUT2D eigenvalue weighted by atomic mass is 10.1. The van der Waals surface area contributed by atoms with Crippen LogP contribution in [0.1, 0.15) is 16.1 Å². The van der Waals surface area contributed by atoms with Gasteiger partial charge in [0.05, 0.1) is 36.2 Å². The molecule has 5 rings (SSSR count). The zero-order chi connectivity index (χ0) is 28.4. The largest absolute Gasteiger partial charge is 0.497 e. The number of carbonyl (C=O) groups is 1. The molecule has 0 N–H and O–H groups in total. The van der Waals surface area contributed by atoms with Gasteiger partial charge in [0.2, 0.25) is 0 Å². The predicted octanol–water partition coefficient (Wildman–Crippen LogP) is 6.19. The molecule has 0 bridgehead atoms. The van der Waals surface area contributed by atoms with Gasteiger partial charge in [0.1, 0.15) is 17.2 Å². The van der Waals surface area contributed by atoms with Crippen molar-refractivity contribution in [3.05, 3.63) is 89.1 Å². The second-order valence-electron chi connectivity index (χ2n) is 9.17. The molecule has 1 amide bonds. The molecule has 0 atom stereocenters. The fourth-order valence-electron chi connectivity index (χ4n) is 4.69. The Balaban J connectivity index is 1.45. The molecular formula is C29H26ClF3N4O3. The molecule has 2 heterocycles. The van der Waals surface area contributed by atoms with Crippen molar-refractivity contribution in [1.29, 1.82) is 0 Å². The van der Waals surface area contributed by atoms with Gasteiger partial charge in [-0.15, -0.1) is 0 Å². The number of ether oxygens (including phenoxy) is 2. The van der Waals surface area contributed by atoms with Crippen LogP contribution in [0.25, 0.3) is 16.9 Å². The Bertz CT molecular complexity index is 1530. The molecule has 0 aliphatic carbocycles. The molecule has 1 fully saturated rings. The van der Waals surface area contributed by atoms with Crippen molar-refractivity contribution < 1.29 is 27.4 Å². The Hall–Kier alpha value is -4.18. The minimum atomic E-state index is -4.42. The molecule has 1 aromatic heterocycles. The van der Waals surface area contributed by atoms with E-state index in [0.717, 1.165) is 12.1 Å². The van der Waals surface area contributed by atoms with Crippen LogP contribution in [0.5, 0.6) is 11.5 Å². The molecule has 0 radical (unpaired) electrons. The summed E-state index contributed by atoms with van der Waals surface area (Å²) in [5.41, 5.74) is 1.77. The lowest BCUT2D eigenvalue weighted by Crippen LogP contribution is -2.49. The summed E-state index contributed by atoms with van der Waals surface area (Å²) >= 11 is 6.49. The van der Waals surface area contributed by atoms with Crippen molar-refractivity contribution in [2.24, 2.45) is 0 Å². The summed E-state index contributed by atoms with van der Waals surface area (Å²) in [4.78, 5) is 17.4. The van der Waals surface area contributed by atoms with Gasteiger partial charge in [0, 0.05) is 43.5 Å². The molecule has 0 spiro atoms. The first-order valence-corrected chi connectivity index (χ1v) is 12.9. The van der Waals surface area contributed by atoms with Crippen molar-refractivity contribution in [3.63, 3.8) is 0 Å². The Morgan fingerprint density at radius 1 is 0.900 bits per heavy atom. The van der Waals surface area contributed by atoms with Crippen molar-refractivity contribution in [2.45, 2.75) is 6.18 Å². The van der Waals surface area contributed by atoms with Crippen LogP contribution in [0.15, 0.2) is 72.8 Å². The summed E-state index contributed by atoms with van der Waals surface area (Å²) in [6, 6.07) is 19.3. The first-order valence-electron chi connectivity index (χ1n) is 12.5. The predicted molar refractivity (Wildman–Crippen MR) is 147 cm³/mol. The van der Waals surface area contributed by atoms with Gasteiger partial charge in [0.15, 0.2) is 0 Å². The number of rotatable bonds is 6. The molecule has 7 nitrogen and oxygen atoms in total. The van der Waals surface area contributed by atoms with Crippen LogP contribution in [0.4, 0.5) is 18.9 Å². The topological polar surface area (TPSA) is 59.8 Å². The number of methoxy groups -OCH3 is 2. The average Bonchev–Trinajstić information content (AvgIpc) is 3.41. The third-order valence-electron chi connectivity index (χ3n) is 6.80. The van der Waals surface area contributed by atoms with Crippen LogP contribution in [0.2, 0.25) is 5.02 Å². The van der Waals surface area contributed by atoms with Gasteiger partial charge in [-0.1, -0.05) is 29.8 Å². The Labute approximate surface area is 234 Å². The maximum Gasteiger partial charge on any atom is 0.416 e. The van der Waals surface area contributed by atoms with E-state index in [2.05, 4.69) is 0 Å². The monoisotopic (exact) mass is 570 g/mol. The SMILES string of the molecule is COc1ccc(-c2cc(C(=O)N3CCN(c4cccc(C(F)(F)F)c4)CC3)n(-c3ccccc3Cl)n2)c(OC)c1. The van der Waals surface area contributed by atoms with E-state index in [-0.39, 0.29) is 5.91 Å². The van der Waals surface area contributed by atoms with E-state index in [4.69, 9.17) is 26.2 Å². The number of amides is 1. The van der Waals surface area contributed by atoms with Gasteiger partial charge in [-0.3, -0.25) is 4.79 Å². The minimum Gasteiger partial charge on any atom is -0.497 e. The van der Waals surface area contributed by atoms with Crippen LogP contribution in [-0.2, 0) is 6.18 Å². The van der Waals surface area contributed by atoms with Crippen molar-refractivity contribution >= 4 is 23.2 Å². The number of aromatic nitrogens is 2. The van der Waals surface area contributed by atoms with Gasteiger partial charge in [-0.2, -0.15) is 18.3 Å². The molecule has 208 valence electrons. The van der Waals surface area contributed by atoms with E-state index in [1.54, 1.807) is 73.7 Å². The summed E-state index contributed by atoms with van der Waals surface area (Å²) in [5, 5.41) is 5.15. The van der Waals surface area contributed by atoms with E-state index in [1.165, 1.54) is 10.7 Å². The molecular weight excluding hydrogens is 545 g/mol. The molecule has 0 saturated carbocycles. The normalized spacial score (nSPS) is 13.8. The Morgan fingerprint density at radius 2 is 1.65 bits per heavy atom. The van der Waals surface area contributed by atoms with Crippen LogP contribution >= 0.6 is 11.6 Å². The smallest absolute Gasteiger partial charge is 0.416 e. The number of hydrogen-bond donors (Lipinski definition) is 0. The summed E-state index contributed by atoms with van der Waals surface area (Å²) in [6.07, 6.45) is -4.42. The number of carbonyl (C=O) groups excluding carboxylic acids is 1. The first kappa shape index (κ1) is 27.4. The molecule has 11 heteroatoms. The highest BCUT2D eigenvalue weighted by molar-refractivity contribution is 6.32. The average molecular weight is 571 g/mol. The molecule has 4 aromatic rings. The van der Waals surface area contributed by atoms with Crippen molar-refractivity contribution in [3.8, 4) is 28.4 Å². The second-order valence-corrected chi connectivity index (χ2v) is 9.58. The number of nitrogens with zero attached hydrogens (tertiary/aromatic N) is 4. The van der Waals surface area contributed by atoms with E-state index < -0.39 is 11.7 Å². The van der Waals surface area contributed by atoms with Crippen LogP contribution in [0.3, 0.4) is 0 Å². The quantitative estimate of drug-likeness (QED) is 0.277.